The summed E-state index contributed by atoms with van der Waals surface area (Å²) in [6, 6.07) is 1.80. The van der Waals surface area contributed by atoms with Crippen molar-refractivity contribution in [3.05, 3.63) is 29.0 Å². The number of halogens is 1. The van der Waals surface area contributed by atoms with E-state index in [1.54, 1.807) is 25.6 Å². The number of hydrogen-bond donors (Lipinski definition) is 0. The molecule has 1 aliphatic rings. The van der Waals surface area contributed by atoms with E-state index < -0.39 is 0 Å². The van der Waals surface area contributed by atoms with Crippen LogP contribution in [0.2, 0.25) is 5.02 Å². The lowest BCUT2D eigenvalue weighted by Crippen LogP contribution is -2.34. The summed E-state index contributed by atoms with van der Waals surface area (Å²) in [5, 5.41) is 0.550. The second-order valence-electron chi connectivity index (χ2n) is 5.16. The maximum atomic E-state index is 12.4. The molecule has 1 aromatic heterocycles. The lowest BCUT2D eigenvalue weighted by atomic mass is 9.83. The molecule has 19 heavy (non-hydrogen) atoms. The largest absolute Gasteiger partial charge is 0.373 e. The SMILES string of the molecule is COC(C(=O)Cc1ccncc1Cl)C1CCCCC1. The van der Waals surface area contributed by atoms with Crippen molar-refractivity contribution in [1.82, 2.24) is 4.98 Å². The minimum atomic E-state index is -0.287. The van der Waals surface area contributed by atoms with Crippen LogP contribution in [0, 0.1) is 5.92 Å². The number of carbonyl (C=O) groups excluding carboxylic acids is 1. The Hall–Kier alpha value is -0.930. The third kappa shape index (κ3) is 3.77. The van der Waals surface area contributed by atoms with Crippen molar-refractivity contribution in [1.29, 1.82) is 0 Å². The smallest absolute Gasteiger partial charge is 0.166 e. The van der Waals surface area contributed by atoms with Gasteiger partial charge in [0.25, 0.3) is 0 Å². The predicted molar refractivity (Wildman–Crippen MR) is 75.3 cm³/mol. The van der Waals surface area contributed by atoms with Crippen molar-refractivity contribution >= 4 is 17.4 Å². The third-order valence-electron chi connectivity index (χ3n) is 3.87. The van der Waals surface area contributed by atoms with E-state index in [1.165, 1.54) is 19.3 Å². The Balaban J connectivity index is 2.02. The molecular formula is C15H20ClNO2. The first-order chi connectivity index (χ1) is 9.22. The van der Waals surface area contributed by atoms with Crippen LogP contribution in [0.15, 0.2) is 18.5 Å². The molecule has 0 aliphatic heterocycles. The Bertz CT molecular complexity index is 430. The summed E-state index contributed by atoms with van der Waals surface area (Å²) in [5.41, 5.74) is 0.833. The highest BCUT2D eigenvalue weighted by molar-refractivity contribution is 6.31. The second kappa shape index (κ2) is 7.01. The van der Waals surface area contributed by atoms with E-state index in [2.05, 4.69) is 4.98 Å². The number of pyridine rings is 1. The molecule has 3 nitrogen and oxygen atoms in total. The average Bonchev–Trinajstić information content (AvgIpc) is 2.43. The van der Waals surface area contributed by atoms with Gasteiger partial charge in [0, 0.05) is 25.9 Å². The highest BCUT2D eigenvalue weighted by atomic mass is 35.5. The van der Waals surface area contributed by atoms with Crippen molar-refractivity contribution in [3.63, 3.8) is 0 Å². The molecule has 1 atom stereocenters. The van der Waals surface area contributed by atoms with Gasteiger partial charge >= 0.3 is 0 Å². The van der Waals surface area contributed by atoms with Crippen LogP contribution in [0.25, 0.3) is 0 Å². The lowest BCUT2D eigenvalue weighted by Gasteiger charge is -2.28. The molecule has 0 spiro atoms. The first-order valence-electron chi connectivity index (χ1n) is 6.86. The van der Waals surface area contributed by atoms with Gasteiger partial charge in [-0.2, -0.15) is 0 Å². The summed E-state index contributed by atoms with van der Waals surface area (Å²) in [6.07, 6.45) is 9.14. The van der Waals surface area contributed by atoms with Crippen LogP contribution >= 0.6 is 11.6 Å². The van der Waals surface area contributed by atoms with E-state index in [1.807, 2.05) is 0 Å². The molecular weight excluding hydrogens is 262 g/mol. The average molecular weight is 282 g/mol. The highest BCUT2D eigenvalue weighted by Crippen LogP contribution is 2.29. The third-order valence-corrected chi connectivity index (χ3v) is 4.21. The molecule has 1 saturated carbocycles. The zero-order valence-corrected chi connectivity index (χ0v) is 12.0. The van der Waals surface area contributed by atoms with Gasteiger partial charge in [-0.05, 0) is 30.4 Å². The molecule has 2 rings (SSSR count). The Labute approximate surface area is 119 Å². The van der Waals surface area contributed by atoms with Crippen molar-refractivity contribution in [2.45, 2.75) is 44.6 Å². The highest BCUT2D eigenvalue weighted by Gasteiger charge is 2.29. The first-order valence-corrected chi connectivity index (χ1v) is 7.24. The van der Waals surface area contributed by atoms with Gasteiger partial charge in [-0.1, -0.05) is 30.9 Å². The van der Waals surface area contributed by atoms with Crippen LogP contribution in [0.5, 0.6) is 0 Å². The molecule has 1 fully saturated rings. The van der Waals surface area contributed by atoms with Gasteiger partial charge in [0.2, 0.25) is 0 Å². The van der Waals surface area contributed by atoms with E-state index in [9.17, 15) is 4.79 Å². The quantitative estimate of drug-likeness (QED) is 0.830. The molecule has 4 heteroatoms. The summed E-state index contributed by atoms with van der Waals surface area (Å²) < 4.78 is 5.46. The summed E-state index contributed by atoms with van der Waals surface area (Å²) in [4.78, 5) is 16.3. The number of ketones is 1. The Morgan fingerprint density at radius 2 is 2.21 bits per heavy atom. The standard InChI is InChI=1S/C15H20ClNO2/c1-19-15(11-5-3-2-4-6-11)14(18)9-12-7-8-17-10-13(12)16/h7-8,10-11,15H,2-6,9H2,1H3. The number of nitrogens with zero attached hydrogens (tertiary/aromatic N) is 1. The maximum Gasteiger partial charge on any atom is 0.166 e. The molecule has 0 bridgehead atoms. The van der Waals surface area contributed by atoms with Crippen molar-refractivity contribution in [2.75, 3.05) is 7.11 Å². The fourth-order valence-electron chi connectivity index (χ4n) is 2.86. The molecule has 0 radical (unpaired) electrons. The zero-order chi connectivity index (χ0) is 13.7. The number of methoxy groups -OCH3 is 1. The summed E-state index contributed by atoms with van der Waals surface area (Å²) in [5.74, 6) is 0.495. The van der Waals surface area contributed by atoms with Crippen LogP contribution in [0.4, 0.5) is 0 Å². The van der Waals surface area contributed by atoms with Gasteiger partial charge in [-0.25, -0.2) is 0 Å². The zero-order valence-electron chi connectivity index (χ0n) is 11.3. The van der Waals surface area contributed by atoms with Crippen molar-refractivity contribution < 1.29 is 9.53 Å². The lowest BCUT2D eigenvalue weighted by molar-refractivity contribution is -0.132. The van der Waals surface area contributed by atoms with Crippen LogP contribution in [0.1, 0.15) is 37.7 Å². The van der Waals surface area contributed by atoms with Gasteiger partial charge in [0.05, 0.1) is 5.02 Å². The number of hydrogen-bond acceptors (Lipinski definition) is 3. The number of Topliss-reactive ketones (excluding diaryl/α,β-unsaturated/α-hetero) is 1. The molecule has 0 N–H and O–H groups in total. The van der Waals surface area contributed by atoms with Gasteiger partial charge in [-0.3, -0.25) is 9.78 Å². The second-order valence-corrected chi connectivity index (χ2v) is 5.57. The van der Waals surface area contributed by atoms with Crippen molar-refractivity contribution in [3.8, 4) is 0 Å². The molecule has 0 aromatic carbocycles. The minimum Gasteiger partial charge on any atom is -0.373 e. The van der Waals surface area contributed by atoms with Gasteiger partial charge in [0.1, 0.15) is 6.10 Å². The van der Waals surface area contributed by atoms with Crippen molar-refractivity contribution in [2.24, 2.45) is 5.92 Å². The molecule has 1 aromatic rings. The van der Waals surface area contributed by atoms with E-state index in [-0.39, 0.29) is 11.9 Å². The molecule has 104 valence electrons. The van der Waals surface area contributed by atoms with Gasteiger partial charge in [-0.15, -0.1) is 0 Å². The van der Waals surface area contributed by atoms with E-state index in [4.69, 9.17) is 16.3 Å². The van der Waals surface area contributed by atoms with E-state index in [0.29, 0.717) is 17.4 Å². The number of rotatable bonds is 5. The maximum absolute atomic E-state index is 12.4. The summed E-state index contributed by atoms with van der Waals surface area (Å²) >= 11 is 6.05. The van der Waals surface area contributed by atoms with Crippen LogP contribution in [0.3, 0.4) is 0 Å². The van der Waals surface area contributed by atoms with Crippen LogP contribution in [-0.2, 0) is 16.0 Å². The minimum absolute atomic E-state index is 0.127. The fraction of sp³-hybridized carbons (Fsp3) is 0.600. The fourth-order valence-corrected chi connectivity index (χ4v) is 3.05. The van der Waals surface area contributed by atoms with Crippen LogP contribution < -0.4 is 0 Å². The molecule has 0 amide bonds. The van der Waals surface area contributed by atoms with Crippen LogP contribution in [-0.4, -0.2) is 24.0 Å². The van der Waals surface area contributed by atoms with Gasteiger partial charge < -0.3 is 4.74 Å². The Morgan fingerprint density at radius 3 is 2.84 bits per heavy atom. The van der Waals surface area contributed by atoms with E-state index >= 15 is 0 Å². The molecule has 0 saturated heterocycles. The van der Waals surface area contributed by atoms with E-state index in [0.717, 1.165) is 18.4 Å². The normalized spacial score (nSPS) is 18.2. The summed E-state index contributed by atoms with van der Waals surface area (Å²) in [7, 11) is 1.63. The monoisotopic (exact) mass is 281 g/mol. The van der Waals surface area contributed by atoms with Gasteiger partial charge in [0.15, 0.2) is 5.78 Å². The molecule has 1 unspecified atom stereocenters. The first kappa shape index (κ1) is 14.5. The molecule has 1 heterocycles. The number of ether oxygens (including phenoxy) is 1. The number of carbonyl (C=O) groups is 1. The molecule has 1 aliphatic carbocycles. The Kier molecular flexibility index (Phi) is 5.34. The Morgan fingerprint density at radius 1 is 1.47 bits per heavy atom. The predicted octanol–water partition coefficient (Wildman–Crippen LogP) is 3.44. The number of aromatic nitrogens is 1. The summed E-state index contributed by atoms with van der Waals surface area (Å²) in [6.45, 7) is 0. The topological polar surface area (TPSA) is 39.2 Å².